The van der Waals surface area contributed by atoms with Crippen LogP contribution in [0.25, 0.3) is 11.1 Å². The Morgan fingerprint density at radius 2 is 1.95 bits per heavy atom. The first kappa shape index (κ1) is 13.1. The van der Waals surface area contributed by atoms with Crippen molar-refractivity contribution < 1.29 is 9.31 Å². The lowest BCUT2D eigenvalue weighted by Gasteiger charge is -2.03. The van der Waals surface area contributed by atoms with E-state index < -0.39 is 10.7 Å². The van der Waals surface area contributed by atoms with Crippen LogP contribution in [0.15, 0.2) is 47.4 Å². The van der Waals surface area contributed by atoms with Crippen LogP contribution in [0.3, 0.4) is 0 Å². The van der Waals surface area contributed by atoms with Gasteiger partial charge in [0.2, 0.25) is 0 Å². The summed E-state index contributed by atoms with van der Waals surface area (Å²) in [5.41, 5.74) is 1.04. The highest BCUT2D eigenvalue weighted by atomic mass is 32.2. The second-order valence-corrected chi connectivity index (χ2v) is 4.47. The highest BCUT2D eigenvalue weighted by Gasteiger charge is 2.09. The number of non-ortho nitro benzene ring substituents is 1. The van der Waals surface area contributed by atoms with Gasteiger partial charge >= 0.3 is 0 Å². The first-order valence-electron chi connectivity index (χ1n) is 5.22. The van der Waals surface area contributed by atoms with Crippen molar-refractivity contribution in [2.45, 2.75) is 4.90 Å². The average Bonchev–Trinajstić information content (AvgIpc) is 2.41. The predicted octanol–water partition coefficient (Wildman–Crippen LogP) is 3.97. The van der Waals surface area contributed by atoms with E-state index in [4.69, 9.17) is 5.26 Å². The van der Waals surface area contributed by atoms with Gasteiger partial charge in [-0.15, -0.1) is 0 Å². The Bertz CT molecular complexity index is 683. The minimum Gasteiger partial charge on any atom is -0.258 e. The van der Waals surface area contributed by atoms with E-state index >= 15 is 0 Å². The SMILES string of the molecule is N#CSc1ccc(-c2cccc([N+](=O)[O-])c2)cc1F. The fraction of sp³-hybridized carbons (Fsp3) is 0. The van der Waals surface area contributed by atoms with E-state index in [1.165, 1.54) is 24.3 Å². The minimum absolute atomic E-state index is 0.0478. The van der Waals surface area contributed by atoms with Crippen molar-refractivity contribution in [3.8, 4) is 16.5 Å². The molecule has 4 nitrogen and oxygen atoms in total. The fourth-order valence-electron chi connectivity index (χ4n) is 1.61. The molecule has 2 aromatic rings. The Balaban J connectivity index is 2.42. The first-order valence-corrected chi connectivity index (χ1v) is 6.04. The molecule has 2 rings (SSSR count). The Hall–Kier alpha value is -2.39. The van der Waals surface area contributed by atoms with Gasteiger partial charge in [-0.1, -0.05) is 18.2 Å². The topological polar surface area (TPSA) is 66.9 Å². The second kappa shape index (κ2) is 5.50. The summed E-state index contributed by atoms with van der Waals surface area (Å²) in [5.74, 6) is -0.518. The molecule has 0 radical (unpaired) electrons. The molecule has 0 atom stereocenters. The molecule has 2 aromatic carbocycles. The quantitative estimate of drug-likeness (QED) is 0.367. The number of benzene rings is 2. The highest BCUT2D eigenvalue weighted by molar-refractivity contribution is 8.03. The van der Waals surface area contributed by atoms with Crippen LogP contribution in [-0.2, 0) is 0 Å². The summed E-state index contributed by atoms with van der Waals surface area (Å²) in [7, 11) is 0. The number of halogens is 1. The van der Waals surface area contributed by atoms with Gasteiger partial charge in [0, 0.05) is 12.1 Å². The van der Waals surface area contributed by atoms with Crippen molar-refractivity contribution in [1.82, 2.24) is 0 Å². The Kier molecular flexibility index (Phi) is 3.78. The van der Waals surface area contributed by atoms with Gasteiger partial charge in [-0.3, -0.25) is 10.1 Å². The molecule has 19 heavy (non-hydrogen) atoms. The van der Waals surface area contributed by atoms with Crippen molar-refractivity contribution in [3.63, 3.8) is 0 Å². The number of nitrogens with zero attached hydrogens (tertiary/aromatic N) is 2. The third-order valence-corrected chi connectivity index (χ3v) is 3.12. The van der Waals surface area contributed by atoms with Gasteiger partial charge in [0.15, 0.2) is 0 Å². The molecule has 0 bridgehead atoms. The zero-order valence-corrected chi connectivity index (χ0v) is 10.4. The molecule has 0 heterocycles. The van der Waals surface area contributed by atoms with Gasteiger partial charge in [-0.25, -0.2) is 4.39 Å². The van der Waals surface area contributed by atoms with E-state index in [0.29, 0.717) is 11.1 Å². The summed E-state index contributed by atoms with van der Waals surface area (Å²) < 4.78 is 13.7. The molecule has 0 aliphatic carbocycles. The number of hydrogen-bond donors (Lipinski definition) is 0. The van der Waals surface area contributed by atoms with Crippen molar-refractivity contribution >= 4 is 17.4 Å². The van der Waals surface area contributed by atoms with Gasteiger partial charge in [0.05, 0.1) is 9.82 Å². The van der Waals surface area contributed by atoms with Crippen molar-refractivity contribution in [2.24, 2.45) is 0 Å². The van der Waals surface area contributed by atoms with E-state index in [9.17, 15) is 14.5 Å². The molecule has 0 saturated carbocycles. The van der Waals surface area contributed by atoms with Crippen LogP contribution in [0, 0.1) is 26.6 Å². The van der Waals surface area contributed by atoms with Crippen molar-refractivity contribution in [2.75, 3.05) is 0 Å². The van der Waals surface area contributed by atoms with Crippen LogP contribution in [0.4, 0.5) is 10.1 Å². The van der Waals surface area contributed by atoms with Crippen LogP contribution in [-0.4, -0.2) is 4.92 Å². The second-order valence-electron chi connectivity index (χ2n) is 3.65. The Labute approximate surface area is 112 Å². The lowest BCUT2D eigenvalue weighted by atomic mass is 10.1. The highest BCUT2D eigenvalue weighted by Crippen LogP contribution is 2.28. The molecule has 94 valence electrons. The van der Waals surface area contributed by atoms with Gasteiger partial charge < -0.3 is 0 Å². The molecule has 0 fully saturated rings. The van der Waals surface area contributed by atoms with E-state index in [-0.39, 0.29) is 10.6 Å². The number of nitriles is 1. The predicted molar refractivity (Wildman–Crippen MR) is 70.0 cm³/mol. The van der Waals surface area contributed by atoms with E-state index in [1.54, 1.807) is 23.6 Å². The van der Waals surface area contributed by atoms with Gasteiger partial charge in [0.25, 0.3) is 5.69 Å². The number of nitro groups is 1. The Morgan fingerprint density at radius 3 is 2.58 bits per heavy atom. The zero-order chi connectivity index (χ0) is 13.8. The number of thioether (sulfide) groups is 1. The van der Waals surface area contributed by atoms with Crippen LogP contribution in [0.5, 0.6) is 0 Å². The molecule has 0 aliphatic heterocycles. The number of hydrogen-bond acceptors (Lipinski definition) is 4. The van der Waals surface area contributed by atoms with Crippen molar-refractivity contribution in [1.29, 1.82) is 5.26 Å². The maximum Gasteiger partial charge on any atom is 0.270 e. The molecular weight excluding hydrogens is 267 g/mol. The molecular formula is C13H7FN2O2S. The van der Waals surface area contributed by atoms with Gasteiger partial charge in [-0.2, -0.15) is 5.26 Å². The molecule has 0 saturated heterocycles. The molecule has 6 heteroatoms. The lowest BCUT2D eigenvalue weighted by Crippen LogP contribution is -1.89. The summed E-state index contributed by atoms with van der Waals surface area (Å²) in [6.07, 6.45) is 0. The lowest BCUT2D eigenvalue weighted by molar-refractivity contribution is -0.384. The minimum atomic E-state index is -0.518. The maximum absolute atomic E-state index is 13.7. The summed E-state index contributed by atoms with van der Waals surface area (Å²) in [6, 6.07) is 10.3. The number of rotatable bonds is 3. The normalized spacial score (nSPS) is 9.89. The summed E-state index contributed by atoms with van der Waals surface area (Å²) >= 11 is 0.736. The molecule has 0 unspecified atom stereocenters. The first-order chi connectivity index (χ1) is 9.11. The summed E-state index contributed by atoms with van der Waals surface area (Å²) in [6.45, 7) is 0. The molecule has 0 aromatic heterocycles. The van der Waals surface area contributed by atoms with Crippen LogP contribution in [0.1, 0.15) is 0 Å². The molecule has 0 N–H and O–H groups in total. The van der Waals surface area contributed by atoms with E-state index in [1.807, 2.05) is 0 Å². The summed E-state index contributed by atoms with van der Waals surface area (Å²) in [4.78, 5) is 10.4. The molecule has 0 amide bonds. The maximum atomic E-state index is 13.7. The summed E-state index contributed by atoms with van der Waals surface area (Å²) in [5, 5.41) is 21.0. The van der Waals surface area contributed by atoms with Crippen LogP contribution < -0.4 is 0 Å². The van der Waals surface area contributed by atoms with Crippen molar-refractivity contribution in [3.05, 3.63) is 58.4 Å². The van der Waals surface area contributed by atoms with Crippen LogP contribution >= 0.6 is 11.8 Å². The monoisotopic (exact) mass is 274 g/mol. The smallest absolute Gasteiger partial charge is 0.258 e. The fourth-order valence-corrected chi connectivity index (χ4v) is 2.00. The third-order valence-electron chi connectivity index (χ3n) is 2.48. The van der Waals surface area contributed by atoms with E-state index in [0.717, 1.165) is 11.8 Å². The van der Waals surface area contributed by atoms with Gasteiger partial charge in [0.1, 0.15) is 11.2 Å². The number of nitro benzene ring substituents is 1. The third kappa shape index (κ3) is 2.89. The number of thiocyanates is 1. The van der Waals surface area contributed by atoms with E-state index in [2.05, 4.69) is 0 Å². The van der Waals surface area contributed by atoms with Gasteiger partial charge in [-0.05, 0) is 35.0 Å². The Morgan fingerprint density at radius 1 is 1.21 bits per heavy atom. The van der Waals surface area contributed by atoms with Crippen LogP contribution in [0.2, 0.25) is 0 Å². The zero-order valence-electron chi connectivity index (χ0n) is 9.54. The largest absolute Gasteiger partial charge is 0.270 e. The molecule has 0 spiro atoms. The molecule has 0 aliphatic rings. The average molecular weight is 274 g/mol. The standard InChI is InChI=1S/C13H7FN2O2S/c14-12-7-10(4-5-13(12)19-8-15)9-2-1-3-11(6-9)16(17)18/h1-7H.